The Bertz CT molecular complexity index is 1190. The normalized spacial score (nSPS) is 22.3. The lowest BCUT2D eigenvalue weighted by molar-refractivity contribution is -0.150. The number of hydrogen-bond donors (Lipinski definition) is 3. The Morgan fingerprint density at radius 3 is 2.85 bits per heavy atom. The number of hydrogen-bond acceptors (Lipinski definition) is 13. The Morgan fingerprint density at radius 1 is 1.38 bits per heavy atom. The molecule has 2 aromatic heterocycles. The van der Waals surface area contributed by atoms with E-state index < -0.39 is 29.2 Å². The molecule has 1 aliphatic carbocycles. The second-order valence-electron chi connectivity index (χ2n) is 7.43. The van der Waals surface area contributed by atoms with Crippen molar-refractivity contribution in [1.82, 2.24) is 25.4 Å². The Morgan fingerprint density at radius 2 is 2.21 bits per heavy atom. The lowest BCUT2D eigenvalue weighted by Crippen LogP contribution is -2.71. The van der Waals surface area contributed by atoms with Gasteiger partial charge in [0.15, 0.2) is 15.2 Å². The summed E-state index contributed by atoms with van der Waals surface area (Å²) in [5, 5.41) is 25.5. The zero-order chi connectivity index (χ0) is 23.8. The number of fused-ring (bicyclic) bond motifs is 1. The zero-order valence-corrected chi connectivity index (χ0v) is 20.5. The number of carboxylic acids is 1. The van der Waals surface area contributed by atoms with E-state index in [0.29, 0.717) is 21.4 Å². The standard InChI is InChI=1S/C18H17N7O5S4/c19-17-21-9(5-32-17)10(24-30-8-1-2-8)13(26)22-11-14(27)25-12(16(28)29)7(3-31-15(11)25)4-33-18-23-20-6-34-18/h5-6,8,11,15H,1-4H2,(H2,19,21)(H,22,26)(H,28,29)/t11-,15+/m1/s1. The molecule has 0 spiro atoms. The summed E-state index contributed by atoms with van der Waals surface area (Å²) in [5.41, 5.74) is 8.04. The van der Waals surface area contributed by atoms with E-state index in [0.717, 1.165) is 24.2 Å². The van der Waals surface area contributed by atoms with Gasteiger partial charge in [0.25, 0.3) is 11.8 Å². The minimum absolute atomic E-state index is 0.0341. The van der Waals surface area contributed by atoms with Gasteiger partial charge in [-0.1, -0.05) is 28.3 Å². The summed E-state index contributed by atoms with van der Waals surface area (Å²) in [6, 6.07) is -0.897. The number of aromatic nitrogens is 3. The second kappa shape index (κ2) is 9.52. The van der Waals surface area contributed by atoms with Gasteiger partial charge in [0.1, 0.15) is 34.4 Å². The maximum Gasteiger partial charge on any atom is 0.352 e. The van der Waals surface area contributed by atoms with Crippen molar-refractivity contribution in [2.45, 2.75) is 34.7 Å². The van der Waals surface area contributed by atoms with E-state index in [1.807, 2.05) is 0 Å². The Labute approximate surface area is 209 Å². The van der Waals surface area contributed by atoms with Gasteiger partial charge in [0.2, 0.25) is 0 Å². The van der Waals surface area contributed by atoms with E-state index in [9.17, 15) is 19.5 Å². The van der Waals surface area contributed by atoms with Crippen LogP contribution in [-0.2, 0) is 19.2 Å². The summed E-state index contributed by atoms with van der Waals surface area (Å²) >= 11 is 5.27. The first-order valence-electron chi connectivity index (χ1n) is 9.97. The molecular weight excluding hydrogens is 523 g/mol. The number of nitrogens with zero attached hydrogens (tertiary/aromatic N) is 5. The fraction of sp³-hybridized carbons (Fsp3) is 0.389. The van der Waals surface area contributed by atoms with E-state index in [4.69, 9.17) is 10.6 Å². The fourth-order valence-corrected chi connectivity index (χ4v) is 6.80. The molecule has 0 radical (unpaired) electrons. The molecule has 5 rings (SSSR count). The molecule has 178 valence electrons. The minimum atomic E-state index is -1.19. The number of nitrogens with two attached hydrogens (primary N) is 1. The molecule has 1 saturated carbocycles. The molecule has 34 heavy (non-hydrogen) atoms. The summed E-state index contributed by atoms with van der Waals surface area (Å²) in [6.45, 7) is 0. The van der Waals surface area contributed by atoms with Crippen molar-refractivity contribution in [1.29, 1.82) is 0 Å². The number of nitrogens with one attached hydrogen (secondary N) is 1. The van der Waals surface area contributed by atoms with Crippen LogP contribution in [0.25, 0.3) is 0 Å². The molecule has 12 nitrogen and oxygen atoms in total. The highest BCUT2D eigenvalue weighted by molar-refractivity contribution is 8.01. The van der Waals surface area contributed by atoms with Crippen LogP contribution in [0.4, 0.5) is 5.13 Å². The van der Waals surface area contributed by atoms with Gasteiger partial charge in [-0.15, -0.1) is 33.3 Å². The highest BCUT2D eigenvalue weighted by Crippen LogP contribution is 2.41. The molecule has 16 heteroatoms. The number of amides is 2. The van der Waals surface area contributed by atoms with E-state index in [-0.39, 0.29) is 28.3 Å². The van der Waals surface area contributed by atoms with Crippen molar-refractivity contribution in [2.24, 2.45) is 5.16 Å². The van der Waals surface area contributed by atoms with Gasteiger partial charge >= 0.3 is 5.97 Å². The summed E-state index contributed by atoms with van der Waals surface area (Å²) in [4.78, 5) is 48.6. The Balaban J connectivity index is 1.31. The number of carbonyl (C=O) groups is 3. The van der Waals surface area contributed by atoms with Crippen LogP contribution in [0.3, 0.4) is 0 Å². The topological polar surface area (TPSA) is 173 Å². The lowest BCUT2D eigenvalue weighted by atomic mass is 10.0. The van der Waals surface area contributed by atoms with E-state index in [1.165, 1.54) is 39.8 Å². The largest absolute Gasteiger partial charge is 0.477 e. The third-order valence-corrected chi connectivity index (χ3v) is 9.00. The van der Waals surface area contributed by atoms with Crippen LogP contribution < -0.4 is 11.1 Å². The highest BCUT2D eigenvalue weighted by atomic mass is 32.2. The Kier molecular flexibility index (Phi) is 6.46. The van der Waals surface area contributed by atoms with E-state index in [2.05, 4.69) is 25.7 Å². The van der Waals surface area contributed by atoms with Crippen LogP contribution in [0.1, 0.15) is 18.5 Å². The average Bonchev–Trinajstić information content (AvgIpc) is 3.30. The number of oxime groups is 1. The van der Waals surface area contributed by atoms with Gasteiger partial charge in [-0.3, -0.25) is 14.5 Å². The molecular formula is C18H17N7O5S4. The monoisotopic (exact) mass is 539 g/mol. The predicted molar refractivity (Wildman–Crippen MR) is 127 cm³/mol. The first-order valence-corrected chi connectivity index (χ1v) is 13.8. The van der Waals surface area contributed by atoms with Crippen LogP contribution in [0.2, 0.25) is 0 Å². The maximum atomic E-state index is 13.0. The van der Waals surface area contributed by atoms with Crippen molar-refractivity contribution in [3.8, 4) is 0 Å². The number of β-lactam (4-membered cyclic amide) rings is 1. The summed E-state index contributed by atoms with van der Waals surface area (Å²) in [7, 11) is 0. The number of anilines is 1. The quantitative estimate of drug-likeness (QED) is 0.179. The molecule has 0 unspecified atom stereocenters. The average molecular weight is 540 g/mol. The summed E-state index contributed by atoms with van der Waals surface area (Å²) < 4.78 is 0.715. The van der Waals surface area contributed by atoms with Crippen LogP contribution in [-0.4, -0.2) is 77.7 Å². The molecule has 2 amide bonds. The minimum Gasteiger partial charge on any atom is -0.477 e. The van der Waals surface area contributed by atoms with Crippen molar-refractivity contribution in [3.63, 3.8) is 0 Å². The molecule has 4 heterocycles. The SMILES string of the molecule is Nc1nc(C(=NOC2CC2)C(=O)N[C@@H]2C(=O)N3C(C(=O)O)=C(CSc4nncs4)CS[C@@H]23)cs1. The van der Waals surface area contributed by atoms with Gasteiger partial charge in [0.05, 0.1) is 0 Å². The van der Waals surface area contributed by atoms with E-state index >= 15 is 0 Å². The fourth-order valence-electron chi connectivity index (χ4n) is 3.28. The molecule has 2 aliphatic heterocycles. The Hall–Kier alpha value is -2.69. The van der Waals surface area contributed by atoms with Crippen LogP contribution in [0, 0.1) is 0 Å². The first kappa shape index (κ1) is 23.1. The second-order valence-corrected chi connectivity index (χ2v) is 11.5. The predicted octanol–water partition coefficient (Wildman–Crippen LogP) is 0.991. The maximum absolute atomic E-state index is 13.0. The lowest BCUT2D eigenvalue weighted by Gasteiger charge is -2.49. The van der Waals surface area contributed by atoms with Crippen LogP contribution >= 0.6 is 46.2 Å². The van der Waals surface area contributed by atoms with Crippen molar-refractivity contribution >= 4 is 74.8 Å². The molecule has 0 aromatic carbocycles. The molecule has 2 fully saturated rings. The number of thiazole rings is 1. The van der Waals surface area contributed by atoms with Crippen LogP contribution in [0.5, 0.6) is 0 Å². The molecule has 2 atom stereocenters. The van der Waals surface area contributed by atoms with Gasteiger partial charge < -0.3 is 21.0 Å². The number of thioether (sulfide) groups is 2. The smallest absolute Gasteiger partial charge is 0.352 e. The van der Waals surface area contributed by atoms with Crippen molar-refractivity contribution < 1.29 is 24.3 Å². The number of rotatable bonds is 9. The molecule has 1 saturated heterocycles. The van der Waals surface area contributed by atoms with Crippen molar-refractivity contribution in [3.05, 3.63) is 27.9 Å². The summed E-state index contributed by atoms with van der Waals surface area (Å²) in [6.07, 6.45) is 1.68. The van der Waals surface area contributed by atoms with E-state index in [1.54, 1.807) is 10.9 Å². The number of nitrogen functional groups attached to an aromatic ring is 1. The third-order valence-electron chi connectivity index (χ3n) is 5.04. The summed E-state index contributed by atoms with van der Waals surface area (Å²) in [5.74, 6) is -1.54. The zero-order valence-electron chi connectivity index (χ0n) is 17.2. The molecule has 4 N–H and O–H groups in total. The number of carbonyl (C=O) groups excluding carboxylic acids is 2. The molecule has 2 aromatic rings. The van der Waals surface area contributed by atoms with Crippen molar-refractivity contribution in [2.75, 3.05) is 17.2 Å². The first-order chi connectivity index (χ1) is 16.4. The molecule has 0 bridgehead atoms. The highest BCUT2D eigenvalue weighted by Gasteiger charge is 2.54. The van der Waals surface area contributed by atoms with Gasteiger partial charge in [-0.25, -0.2) is 9.78 Å². The van der Waals surface area contributed by atoms with Gasteiger partial charge in [0, 0.05) is 16.9 Å². The molecule has 3 aliphatic rings. The van der Waals surface area contributed by atoms with Crippen LogP contribution in [0.15, 0.2) is 31.7 Å². The van der Waals surface area contributed by atoms with Gasteiger partial charge in [-0.2, -0.15) is 0 Å². The number of aliphatic carboxylic acids is 1. The number of carboxylic acid groups (broad SMARTS) is 1. The van der Waals surface area contributed by atoms with Gasteiger partial charge in [-0.05, 0) is 18.4 Å². The third kappa shape index (κ3) is 4.62.